The fourth-order valence-corrected chi connectivity index (χ4v) is 3.30. The molecule has 0 saturated carbocycles. The summed E-state index contributed by atoms with van der Waals surface area (Å²) in [5, 5.41) is 3.34. The normalized spacial score (nSPS) is 14.6. The first-order chi connectivity index (χ1) is 8.58. The summed E-state index contributed by atoms with van der Waals surface area (Å²) in [4.78, 5) is 10.9. The first kappa shape index (κ1) is 13.1. The maximum absolute atomic E-state index is 10.9. The number of thiophene rings is 1. The predicted molar refractivity (Wildman–Crippen MR) is 76.3 cm³/mol. The number of hydrogen-bond acceptors (Lipinski definition) is 3. The highest BCUT2D eigenvalue weighted by molar-refractivity contribution is 7.17. The summed E-state index contributed by atoms with van der Waals surface area (Å²) in [6, 6.07) is 8.22. The molecule has 2 unspecified atom stereocenters. The molecule has 4 heteroatoms. The number of benzene rings is 1. The largest absolute Gasteiger partial charge is 0.370 e. The number of fused-ring (bicyclic) bond motifs is 1. The van der Waals surface area contributed by atoms with Crippen molar-refractivity contribution in [3.63, 3.8) is 0 Å². The SMILES string of the molecule is CC(CC(N)=O)CC(N)c1csc2ccccc12. The van der Waals surface area contributed by atoms with Crippen LogP contribution in [-0.4, -0.2) is 5.91 Å². The van der Waals surface area contributed by atoms with Gasteiger partial charge in [0.1, 0.15) is 0 Å². The number of carbonyl (C=O) groups is 1. The van der Waals surface area contributed by atoms with Gasteiger partial charge in [-0.1, -0.05) is 25.1 Å². The van der Waals surface area contributed by atoms with Crippen LogP contribution in [0.1, 0.15) is 31.4 Å². The Morgan fingerprint density at radius 2 is 2.11 bits per heavy atom. The van der Waals surface area contributed by atoms with Crippen molar-refractivity contribution < 1.29 is 4.79 Å². The molecule has 4 N–H and O–H groups in total. The van der Waals surface area contributed by atoms with E-state index < -0.39 is 0 Å². The van der Waals surface area contributed by atoms with E-state index in [1.807, 2.05) is 19.1 Å². The van der Waals surface area contributed by atoms with Gasteiger partial charge in [-0.15, -0.1) is 11.3 Å². The highest BCUT2D eigenvalue weighted by Gasteiger charge is 2.16. The molecule has 1 amide bonds. The van der Waals surface area contributed by atoms with E-state index in [0.29, 0.717) is 6.42 Å². The summed E-state index contributed by atoms with van der Waals surface area (Å²) in [5.74, 6) is -0.0407. The number of carbonyl (C=O) groups excluding carboxylic acids is 1. The maximum atomic E-state index is 10.9. The van der Waals surface area contributed by atoms with Crippen LogP contribution in [0.15, 0.2) is 29.6 Å². The van der Waals surface area contributed by atoms with Gasteiger partial charge in [-0.3, -0.25) is 4.79 Å². The third-order valence-electron chi connectivity index (χ3n) is 3.12. The first-order valence-corrected chi connectivity index (χ1v) is 6.96. The van der Waals surface area contributed by atoms with Gasteiger partial charge in [0.15, 0.2) is 0 Å². The topological polar surface area (TPSA) is 69.1 Å². The third kappa shape index (κ3) is 2.89. The van der Waals surface area contributed by atoms with E-state index in [9.17, 15) is 4.79 Å². The van der Waals surface area contributed by atoms with Gasteiger partial charge in [-0.25, -0.2) is 0 Å². The molecule has 0 bridgehead atoms. The molecule has 18 heavy (non-hydrogen) atoms. The molecular formula is C14H18N2OS. The Hall–Kier alpha value is -1.39. The van der Waals surface area contributed by atoms with Crippen molar-refractivity contribution >= 4 is 27.3 Å². The van der Waals surface area contributed by atoms with Crippen LogP contribution in [0.25, 0.3) is 10.1 Å². The summed E-state index contributed by atoms with van der Waals surface area (Å²) in [6.07, 6.45) is 1.18. The Balaban J connectivity index is 2.13. The van der Waals surface area contributed by atoms with Crippen LogP contribution in [0.3, 0.4) is 0 Å². The Morgan fingerprint density at radius 1 is 1.39 bits per heavy atom. The summed E-state index contributed by atoms with van der Waals surface area (Å²) in [5.41, 5.74) is 12.6. The van der Waals surface area contributed by atoms with Crippen molar-refractivity contribution in [3.8, 4) is 0 Å². The predicted octanol–water partition coefficient (Wildman–Crippen LogP) is 2.80. The average Bonchev–Trinajstić information content (AvgIpc) is 2.71. The van der Waals surface area contributed by atoms with Crippen molar-refractivity contribution in [2.75, 3.05) is 0 Å². The van der Waals surface area contributed by atoms with Crippen molar-refractivity contribution in [3.05, 3.63) is 35.2 Å². The summed E-state index contributed by atoms with van der Waals surface area (Å²) >= 11 is 1.71. The molecule has 0 aliphatic heterocycles. The van der Waals surface area contributed by atoms with Gasteiger partial charge in [0, 0.05) is 17.2 Å². The Bertz CT molecular complexity index is 549. The van der Waals surface area contributed by atoms with Gasteiger partial charge < -0.3 is 11.5 Å². The second-order valence-electron chi connectivity index (χ2n) is 4.81. The van der Waals surface area contributed by atoms with E-state index in [-0.39, 0.29) is 17.9 Å². The van der Waals surface area contributed by atoms with E-state index in [0.717, 1.165) is 6.42 Å². The second kappa shape index (κ2) is 5.50. The van der Waals surface area contributed by atoms with Gasteiger partial charge in [-0.05, 0) is 34.7 Å². The van der Waals surface area contributed by atoms with Gasteiger partial charge in [0.25, 0.3) is 0 Å². The van der Waals surface area contributed by atoms with Crippen LogP contribution in [0.4, 0.5) is 0 Å². The highest BCUT2D eigenvalue weighted by Crippen LogP contribution is 2.32. The van der Waals surface area contributed by atoms with E-state index in [1.165, 1.54) is 15.6 Å². The van der Waals surface area contributed by atoms with Crippen molar-refractivity contribution in [1.82, 2.24) is 0 Å². The third-order valence-corrected chi connectivity index (χ3v) is 4.10. The quantitative estimate of drug-likeness (QED) is 0.870. The lowest BCUT2D eigenvalue weighted by Gasteiger charge is -2.15. The minimum absolute atomic E-state index is 0.0319. The molecule has 0 spiro atoms. The lowest BCUT2D eigenvalue weighted by atomic mass is 9.94. The van der Waals surface area contributed by atoms with Gasteiger partial charge in [-0.2, -0.15) is 0 Å². The molecule has 3 nitrogen and oxygen atoms in total. The highest BCUT2D eigenvalue weighted by atomic mass is 32.1. The summed E-state index contributed by atoms with van der Waals surface area (Å²) < 4.78 is 1.26. The molecule has 0 radical (unpaired) electrons. The van der Waals surface area contributed by atoms with Gasteiger partial charge in [0.2, 0.25) is 5.91 Å². The van der Waals surface area contributed by atoms with Crippen LogP contribution in [-0.2, 0) is 4.79 Å². The number of primary amides is 1. The number of nitrogens with two attached hydrogens (primary N) is 2. The fraction of sp³-hybridized carbons (Fsp3) is 0.357. The molecule has 1 heterocycles. The molecule has 2 rings (SSSR count). The van der Waals surface area contributed by atoms with Crippen LogP contribution in [0, 0.1) is 5.92 Å². The van der Waals surface area contributed by atoms with E-state index >= 15 is 0 Å². The van der Waals surface area contributed by atoms with Crippen LogP contribution in [0.5, 0.6) is 0 Å². The number of amides is 1. The number of hydrogen-bond donors (Lipinski definition) is 2. The number of rotatable bonds is 5. The van der Waals surface area contributed by atoms with Gasteiger partial charge >= 0.3 is 0 Å². The molecule has 96 valence electrons. The Morgan fingerprint density at radius 3 is 2.83 bits per heavy atom. The minimum Gasteiger partial charge on any atom is -0.370 e. The molecule has 2 aromatic rings. The summed E-state index contributed by atoms with van der Waals surface area (Å²) in [7, 11) is 0. The Kier molecular flexibility index (Phi) is 3.99. The molecule has 0 saturated heterocycles. The molecular weight excluding hydrogens is 244 g/mol. The van der Waals surface area contributed by atoms with E-state index in [1.54, 1.807) is 11.3 Å². The summed E-state index contributed by atoms with van der Waals surface area (Å²) in [6.45, 7) is 2.01. The molecule has 2 atom stereocenters. The van der Waals surface area contributed by atoms with Crippen molar-refractivity contribution in [2.45, 2.75) is 25.8 Å². The zero-order valence-electron chi connectivity index (χ0n) is 10.4. The Labute approximate surface area is 111 Å². The lowest BCUT2D eigenvalue weighted by molar-refractivity contribution is -0.118. The van der Waals surface area contributed by atoms with Crippen LogP contribution >= 0.6 is 11.3 Å². The fourth-order valence-electron chi connectivity index (χ4n) is 2.27. The first-order valence-electron chi connectivity index (χ1n) is 6.08. The van der Waals surface area contributed by atoms with Crippen molar-refractivity contribution in [1.29, 1.82) is 0 Å². The van der Waals surface area contributed by atoms with Crippen LogP contribution in [0.2, 0.25) is 0 Å². The molecule has 1 aromatic heterocycles. The van der Waals surface area contributed by atoms with Gasteiger partial charge in [0.05, 0.1) is 0 Å². The smallest absolute Gasteiger partial charge is 0.217 e. The second-order valence-corrected chi connectivity index (χ2v) is 5.72. The average molecular weight is 262 g/mol. The molecule has 1 aromatic carbocycles. The van der Waals surface area contributed by atoms with Crippen molar-refractivity contribution in [2.24, 2.45) is 17.4 Å². The minimum atomic E-state index is -0.259. The standard InChI is InChI=1S/C14H18N2OS/c1-9(7-14(16)17)6-12(15)11-8-18-13-5-3-2-4-10(11)13/h2-5,8-9,12H,6-7,15H2,1H3,(H2,16,17). The maximum Gasteiger partial charge on any atom is 0.217 e. The molecule has 0 aliphatic rings. The molecule has 0 aliphatic carbocycles. The lowest BCUT2D eigenvalue weighted by Crippen LogP contribution is -2.19. The van der Waals surface area contributed by atoms with E-state index in [4.69, 9.17) is 11.5 Å². The zero-order chi connectivity index (χ0) is 13.1. The van der Waals surface area contributed by atoms with E-state index in [2.05, 4.69) is 17.5 Å². The zero-order valence-corrected chi connectivity index (χ0v) is 11.2. The monoisotopic (exact) mass is 262 g/mol. The molecule has 0 fully saturated rings. The van der Waals surface area contributed by atoms with Crippen LogP contribution < -0.4 is 11.5 Å².